The van der Waals surface area contributed by atoms with Gasteiger partial charge < -0.3 is 4.74 Å². The Kier molecular flexibility index (Phi) is 6.24. The van der Waals surface area contributed by atoms with Crippen LogP contribution in [0.3, 0.4) is 0 Å². The summed E-state index contributed by atoms with van der Waals surface area (Å²) in [5.74, 6) is -6.90. The molecule has 1 aromatic carbocycles. The van der Waals surface area contributed by atoms with Gasteiger partial charge in [-0.25, -0.2) is 4.79 Å². The van der Waals surface area contributed by atoms with E-state index in [2.05, 4.69) is 4.74 Å². The minimum Gasteiger partial charge on any atom is -0.462 e. The summed E-state index contributed by atoms with van der Waals surface area (Å²) < 4.78 is 33.5. The summed E-state index contributed by atoms with van der Waals surface area (Å²) >= 11 is 5.99. The van der Waals surface area contributed by atoms with Gasteiger partial charge in [0.25, 0.3) is 5.91 Å². The molecule has 0 aliphatic carbocycles. The van der Waals surface area contributed by atoms with E-state index in [1.54, 1.807) is 0 Å². The number of hydrogen-bond acceptors (Lipinski definition) is 4. The van der Waals surface area contributed by atoms with Crippen LogP contribution >= 0.6 is 11.6 Å². The van der Waals surface area contributed by atoms with E-state index < -0.39 is 35.5 Å². The number of unbranched alkanes of at least 4 members (excludes halogenated alkanes) is 1. The van der Waals surface area contributed by atoms with E-state index in [0.29, 0.717) is 6.42 Å². The molecule has 1 aromatic rings. The van der Waals surface area contributed by atoms with Crippen LogP contribution in [0.4, 0.5) is 8.78 Å². The molecular weight excluding hydrogens is 380 g/mol. The van der Waals surface area contributed by atoms with E-state index in [1.165, 1.54) is 32.0 Å². The highest BCUT2D eigenvalue weighted by Crippen LogP contribution is 2.43. The van der Waals surface area contributed by atoms with Gasteiger partial charge in [0, 0.05) is 23.6 Å². The van der Waals surface area contributed by atoms with Gasteiger partial charge in [0.15, 0.2) is 0 Å². The lowest BCUT2D eigenvalue weighted by molar-refractivity contribution is -0.175. The van der Waals surface area contributed by atoms with Crippen LogP contribution < -0.4 is 0 Å². The Balaban J connectivity index is 2.56. The van der Waals surface area contributed by atoms with Crippen molar-refractivity contribution in [3.05, 3.63) is 34.3 Å². The molecule has 0 saturated heterocycles. The summed E-state index contributed by atoms with van der Waals surface area (Å²) in [5.41, 5.74) is -1.56. The van der Waals surface area contributed by atoms with E-state index in [1.807, 2.05) is 6.92 Å². The van der Waals surface area contributed by atoms with Crippen LogP contribution in [0.15, 0.2) is 18.2 Å². The molecule has 2 amide bonds. The first-order valence-corrected chi connectivity index (χ1v) is 9.17. The minimum absolute atomic E-state index is 0.0988. The molecule has 2 rings (SSSR count). The van der Waals surface area contributed by atoms with Crippen molar-refractivity contribution in [1.29, 1.82) is 0 Å². The van der Waals surface area contributed by atoms with E-state index in [0.717, 1.165) is 11.3 Å². The molecule has 1 heterocycles. The van der Waals surface area contributed by atoms with Crippen LogP contribution in [0.2, 0.25) is 5.02 Å². The number of carbonyl (C=O) groups is 3. The summed E-state index contributed by atoms with van der Waals surface area (Å²) in [6.45, 7) is 4.53. The number of halogens is 3. The molecule has 1 aliphatic rings. The third kappa shape index (κ3) is 3.98. The zero-order chi connectivity index (χ0) is 20.4. The second-order valence-electron chi connectivity index (χ2n) is 6.74. The Bertz CT molecular complexity index is 768. The number of fused-ring (bicyclic) bond motifs is 1. The van der Waals surface area contributed by atoms with Gasteiger partial charge in [0.2, 0.25) is 5.91 Å². The lowest BCUT2D eigenvalue weighted by Crippen LogP contribution is -2.56. The Morgan fingerprint density at radius 3 is 2.56 bits per heavy atom. The quantitative estimate of drug-likeness (QED) is 0.512. The molecule has 0 radical (unpaired) electrons. The van der Waals surface area contributed by atoms with Crippen LogP contribution in [-0.2, 0) is 19.7 Å². The summed E-state index contributed by atoms with van der Waals surface area (Å²) in [7, 11) is 0. The van der Waals surface area contributed by atoms with Crippen molar-refractivity contribution in [2.45, 2.75) is 51.4 Å². The van der Waals surface area contributed by atoms with E-state index in [9.17, 15) is 23.2 Å². The van der Waals surface area contributed by atoms with Gasteiger partial charge in [-0.05, 0) is 44.0 Å². The molecule has 1 unspecified atom stereocenters. The molecule has 5 nitrogen and oxygen atoms in total. The number of amides is 2. The van der Waals surface area contributed by atoms with Crippen molar-refractivity contribution in [2.24, 2.45) is 0 Å². The van der Waals surface area contributed by atoms with Gasteiger partial charge >= 0.3 is 11.9 Å². The average molecular weight is 402 g/mol. The second kappa shape index (κ2) is 7.92. The average Bonchev–Trinajstić information content (AvgIpc) is 2.60. The zero-order valence-electron chi connectivity index (χ0n) is 15.5. The van der Waals surface area contributed by atoms with Crippen LogP contribution in [-0.4, -0.2) is 41.8 Å². The fraction of sp³-hybridized carbons (Fsp3) is 0.526. The molecule has 0 N–H and O–H groups in total. The summed E-state index contributed by atoms with van der Waals surface area (Å²) in [6, 6.07) is 4.23. The fourth-order valence-corrected chi connectivity index (χ4v) is 3.43. The maximum absolute atomic E-state index is 14.5. The number of hydrogen-bond donors (Lipinski definition) is 0. The highest BCUT2D eigenvalue weighted by molar-refractivity contribution is 6.31. The largest absolute Gasteiger partial charge is 0.462 e. The van der Waals surface area contributed by atoms with Gasteiger partial charge in [-0.15, -0.1) is 0 Å². The van der Waals surface area contributed by atoms with Crippen molar-refractivity contribution >= 4 is 29.4 Å². The molecule has 0 fully saturated rings. The van der Waals surface area contributed by atoms with Crippen molar-refractivity contribution in [1.82, 2.24) is 4.90 Å². The lowest BCUT2D eigenvalue weighted by atomic mass is 9.71. The minimum atomic E-state index is -3.89. The highest BCUT2D eigenvalue weighted by Gasteiger charge is 2.55. The first kappa shape index (κ1) is 21.3. The van der Waals surface area contributed by atoms with E-state index >= 15 is 0 Å². The van der Waals surface area contributed by atoms with Crippen molar-refractivity contribution in [3.63, 3.8) is 0 Å². The normalized spacial score (nSPS) is 19.9. The number of ether oxygens (including phenoxy) is 1. The standard InChI is InChI=1S/C19H22ClF2NO4/c1-4-6-9-23-15(24)13-8-7-12(20)10-14(13)18(3,16(23)25)11-19(21,22)17(26)27-5-2/h7-8,10H,4-6,9,11H2,1-3H3. The van der Waals surface area contributed by atoms with Crippen molar-refractivity contribution in [2.75, 3.05) is 13.2 Å². The number of rotatable bonds is 7. The first-order chi connectivity index (χ1) is 12.6. The summed E-state index contributed by atoms with van der Waals surface area (Å²) in [4.78, 5) is 38.5. The summed E-state index contributed by atoms with van der Waals surface area (Å²) in [6.07, 6.45) is 0.159. The van der Waals surface area contributed by atoms with Crippen LogP contribution in [0.25, 0.3) is 0 Å². The smallest absolute Gasteiger partial charge is 0.377 e. The monoisotopic (exact) mass is 401 g/mol. The molecule has 27 heavy (non-hydrogen) atoms. The molecule has 1 aliphatic heterocycles. The van der Waals surface area contributed by atoms with Gasteiger partial charge in [-0.2, -0.15) is 8.78 Å². The number of imide groups is 1. The molecule has 8 heteroatoms. The Morgan fingerprint density at radius 1 is 1.30 bits per heavy atom. The van der Waals surface area contributed by atoms with Crippen LogP contribution in [0.1, 0.15) is 56.0 Å². The van der Waals surface area contributed by atoms with E-state index in [4.69, 9.17) is 11.6 Å². The second-order valence-corrected chi connectivity index (χ2v) is 7.18. The SMILES string of the molecule is CCCCN1C(=O)c2ccc(Cl)cc2C(C)(CC(F)(F)C(=O)OCC)C1=O. The predicted molar refractivity (Wildman–Crippen MR) is 96.0 cm³/mol. The maximum atomic E-state index is 14.5. The van der Waals surface area contributed by atoms with Gasteiger partial charge in [0.05, 0.1) is 12.0 Å². The Labute approximate surface area is 161 Å². The maximum Gasteiger partial charge on any atom is 0.377 e. The molecule has 0 aromatic heterocycles. The lowest BCUT2D eigenvalue weighted by Gasteiger charge is -2.40. The number of carbonyl (C=O) groups excluding carboxylic acids is 3. The van der Waals surface area contributed by atoms with Crippen molar-refractivity contribution in [3.8, 4) is 0 Å². The molecule has 148 valence electrons. The van der Waals surface area contributed by atoms with Crippen molar-refractivity contribution < 1.29 is 27.9 Å². The molecule has 0 spiro atoms. The predicted octanol–water partition coefficient (Wildman–Crippen LogP) is 3.97. The van der Waals surface area contributed by atoms with Crippen LogP contribution in [0, 0.1) is 0 Å². The molecule has 0 saturated carbocycles. The third-order valence-corrected chi connectivity index (χ3v) is 4.89. The Hall–Kier alpha value is -2.02. The van der Waals surface area contributed by atoms with Gasteiger partial charge in [-0.3, -0.25) is 14.5 Å². The number of benzene rings is 1. The third-order valence-electron chi connectivity index (χ3n) is 4.65. The molecule has 0 bridgehead atoms. The van der Waals surface area contributed by atoms with Crippen LogP contribution in [0.5, 0.6) is 0 Å². The zero-order valence-corrected chi connectivity index (χ0v) is 16.2. The first-order valence-electron chi connectivity index (χ1n) is 8.79. The van der Waals surface area contributed by atoms with Gasteiger partial charge in [-0.1, -0.05) is 24.9 Å². The van der Waals surface area contributed by atoms with Gasteiger partial charge in [0.1, 0.15) is 0 Å². The number of esters is 1. The molecular formula is C19H22ClF2NO4. The summed E-state index contributed by atoms with van der Waals surface area (Å²) in [5, 5.41) is 0.210. The fourth-order valence-electron chi connectivity index (χ4n) is 3.25. The number of alkyl halides is 2. The topological polar surface area (TPSA) is 63.7 Å². The Morgan fingerprint density at radius 2 is 1.96 bits per heavy atom. The number of nitrogens with zero attached hydrogens (tertiary/aromatic N) is 1. The highest BCUT2D eigenvalue weighted by atomic mass is 35.5. The molecule has 1 atom stereocenters. The van der Waals surface area contributed by atoms with E-state index in [-0.39, 0.29) is 29.3 Å².